The van der Waals surface area contributed by atoms with Gasteiger partial charge in [0.25, 0.3) is 0 Å². The van der Waals surface area contributed by atoms with Crippen molar-refractivity contribution in [3.05, 3.63) is 35.7 Å². The summed E-state index contributed by atoms with van der Waals surface area (Å²) in [5.41, 5.74) is 7.95. The van der Waals surface area contributed by atoms with E-state index in [1.54, 1.807) is 0 Å². The molecule has 0 aliphatic carbocycles. The van der Waals surface area contributed by atoms with Crippen LogP contribution in [0, 0.1) is 0 Å². The van der Waals surface area contributed by atoms with Crippen molar-refractivity contribution in [3.63, 3.8) is 0 Å². The van der Waals surface area contributed by atoms with E-state index in [1.807, 2.05) is 24.3 Å². The first-order valence-corrected chi connectivity index (χ1v) is 8.81. The fourth-order valence-corrected chi connectivity index (χ4v) is 2.54. The van der Waals surface area contributed by atoms with Crippen molar-refractivity contribution >= 4 is 9.84 Å². The smallest absolute Gasteiger partial charge is 0.243 e. The minimum atomic E-state index is -3.05. The van der Waals surface area contributed by atoms with E-state index < -0.39 is 15.9 Å². The zero-order valence-corrected chi connectivity index (χ0v) is 12.9. The number of nitrogens with two attached hydrogens (primary N) is 1. The van der Waals surface area contributed by atoms with Crippen molar-refractivity contribution in [2.45, 2.75) is 25.8 Å². The lowest BCUT2D eigenvalue weighted by atomic mass is 10.1. The van der Waals surface area contributed by atoms with Crippen molar-refractivity contribution in [2.24, 2.45) is 5.73 Å². The molecular formula is C14H19N3O3S. The molecule has 0 amide bonds. The number of nitrogens with zero attached hydrogens (tertiary/aromatic N) is 2. The van der Waals surface area contributed by atoms with E-state index in [1.165, 1.54) is 11.8 Å². The van der Waals surface area contributed by atoms with Gasteiger partial charge in [0.15, 0.2) is 0 Å². The van der Waals surface area contributed by atoms with Crippen LogP contribution in [0.2, 0.25) is 0 Å². The fourth-order valence-electron chi connectivity index (χ4n) is 1.86. The first-order chi connectivity index (χ1) is 9.89. The Kier molecular flexibility index (Phi) is 4.74. The number of sulfone groups is 1. The molecule has 0 saturated carbocycles. The molecule has 21 heavy (non-hydrogen) atoms. The SMILES string of the molecule is CCc1ccc(-c2noc(C(N)CCS(C)(=O)=O)n2)cc1. The van der Waals surface area contributed by atoms with E-state index in [9.17, 15) is 8.42 Å². The molecule has 1 unspecified atom stereocenters. The zero-order chi connectivity index (χ0) is 15.5. The van der Waals surface area contributed by atoms with Crippen molar-refractivity contribution in [1.29, 1.82) is 0 Å². The van der Waals surface area contributed by atoms with Crippen molar-refractivity contribution in [3.8, 4) is 11.4 Å². The van der Waals surface area contributed by atoms with Gasteiger partial charge in [0.1, 0.15) is 9.84 Å². The Labute approximate surface area is 124 Å². The number of rotatable bonds is 6. The molecule has 6 nitrogen and oxygen atoms in total. The monoisotopic (exact) mass is 309 g/mol. The summed E-state index contributed by atoms with van der Waals surface area (Å²) in [5.74, 6) is 0.715. The van der Waals surface area contributed by atoms with Gasteiger partial charge in [-0.05, 0) is 18.4 Å². The number of benzene rings is 1. The molecule has 1 heterocycles. The highest BCUT2D eigenvalue weighted by molar-refractivity contribution is 7.90. The van der Waals surface area contributed by atoms with Gasteiger partial charge >= 0.3 is 0 Å². The second-order valence-electron chi connectivity index (χ2n) is 5.03. The summed E-state index contributed by atoms with van der Waals surface area (Å²) in [4.78, 5) is 4.24. The molecule has 0 spiro atoms. The van der Waals surface area contributed by atoms with Gasteiger partial charge in [0.2, 0.25) is 11.7 Å². The minimum Gasteiger partial charge on any atom is -0.337 e. The van der Waals surface area contributed by atoms with Crippen LogP contribution in [0.1, 0.15) is 30.8 Å². The standard InChI is InChI=1S/C14H19N3O3S/c1-3-10-4-6-11(7-5-10)13-16-14(20-17-13)12(15)8-9-21(2,18)19/h4-7,12H,3,8-9,15H2,1-2H3. The zero-order valence-electron chi connectivity index (χ0n) is 12.1. The lowest BCUT2D eigenvalue weighted by molar-refractivity contribution is 0.352. The highest BCUT2D eigenvalue weighted by Crippen LogP contribution is 2.20. The Hall–Kier alpha value is -1.73. The van der Waals surface area contributed by atoms with Crippen LogP contribution in [0.3, 0.4) is 0 Å². The third kappa shape index (κ3) is 4.37. The molecule has 0 aliphatic heterocycles. The second-order valence-corrected chi connectivity index (χ2v) is 7.29. The fraction of sp³-hybridized carbons (Fsp3) is 0.429. The maximum atomic E-state index is 11.1. The van der Waals surface area contributed by atoms with Crippen LogP contribution in [0.25, 0.3) is 11.4 Å². The Morgan fingerprint density at radius 3 is 2.52 bits per heavy atom. The van der Waals surface area contributed by atoms with E-state index in [0.29, 0.717) is 5.82 Å². The second kappa shape index (κ2) is 6.36. The predicted molar refractivity (Wildman–Crippen MR) is 80.4 cm³/mol. The van der Waals surface area contributed by atoms with Crippen LogP contribution < -0.4 is 5.73 Å². The van der Waals surface area contributed by atoms with Gasteiger partial charge in [-0.15, -0.1) is 0 Å². The van der Waals surface area contributed by atoms with Gasteiger partial charge in [-0.1, -0.05) is 36.3 Å². The molecular weight excluding hydrogens is 290 g/mol. The third-order valence-corrected chi connectivity index (χ3v) is 4.16. The number of hydrogen-bond donors (Lipinski definition) is 1. The third-order valence-electron chi connectivity index (χ3n) is 3.18. The normalized spacial score (nSPS) is 13.3. The van der Waals surface area contributed by atoms with Gasteiger partial charge in [-0.25, -0.2) is 8.42 Å². The Balaban J connectivity index is 2.09. The average molecular weight is 309 g/mol. The molecule has 2 N–H and O–H groups in total. The molecule has 0 saturated heterocycles. The summed E-state index contributed by atoms with van der Waals surface area (Å²) in [6.45, 7) is 2.09. The highest BCUT2D eigenvalue weighted by Gasteiger charge is 2.17. The Morgan fingerprint density at radius 2 is 1.95 bits per heavy atom. The van der Waals surface area contributed by atoms with Crippen LogP contribution in [0.15, 0.2) is 28.8 Å². The average Bonchev–Trinajstić information content (AvgIpc) is 2.94. The predicted octanol–water partition coefficient (Wildman–Crippen LogP) is 1.73. The summed E-state index contributed by atoms with van der Waals surface area (Å²) in [7, 11) is -3.05. The lowest BCUT2D eigenvalue weighted by Gasteiger charge is -2.04. The molecule has 114 valence electrons. The summed E-state index contributed by atoms with van der Waals surface area (Å²) < 4.78 is 27.4. The van der Waals surface area contributed by atoms with E-state index in [2.05, 4.69) is 17.1 Å². The summed E-state index contributed by atoms with van der Waals surface area (Å²) >= 11 is 0. The molecule has 0 aliphatic rings. The molecule has 2 aromatic rings. The molecule has 1 aromatic carbocycles. The molecule has 0 bridgehead atoms. The summed E-state index contributed by atoms with van der Waals surface area (Å²) in [6, 6.07) is 7.30. The first-order valence-electron chi connectivity index (χ1n) is 6.75. The van der Waals surface area contributed by atoms with Gasteiger partial charge in [-0.3, -0.25) is 0 Å². The highest BCUT2D eigenvalue weighted by atomic mass is 32.2. The van der Waals surface area contributed by atoms with Gasteiger partial charge in [-0.2, -0.15) is 4.98 Å². The van der Waals surface area contributed by atoms with Crippen LogP contribution in [-0.2, 0) is 16.3 Å². The van der Waals surface area contributed by atoms with Crippen molar-refractivity contribution in [2.75, 3.05) is 12.0 Å². The van der Waals surface area contributed by atoms with E-state index >= 15 is 0 Å². The largest absolute Gasteiger partial charge is 0.337 e. The Bertz CT molecular complexity index is 693. The van der Waals surface area contributed by atoms with Crippen LogP contribution in [0.4, 0.5) is 0 Å². The van der Waals surface area contributed by atoms with Crippen LogP contribution in [-0.4, -0.2) is 30.6 Å². The Morgan fingerprint density at radius 1 is 1.29 bits per heavy atom. The van der Waals surface area contributed by atoms with Gasteiger partial charge < -0.3 is 10.3 Å². The summed E-state index contributed by atoms with van der Waals surface area (Å²) in [6.07, 6.45) is 2.40. The van der Waals surface area contributed by atoms with Crippen molar-refractivity contribution in [1.82, 2.24) is 10.1 Å². The quantitative estimate of drug-likeness (QED) is 0.872. The maximum Gasteiger partial charge on any atom is 0.243 e. The lowest BCUT2D eigenvalue weighted by Crippen LogP contribution is -2.16. The molecule has 1 atom stereocenters. The minimum absolute atomic E-state index is 0.00290. The first kappa shape index (κ1) is 15.7. The number of aryl methyl sites for hydroxylation is 1. The number of aromatic nitrogens is 2. The van der Waals surface area contributed by atoms with Crippen molar-refractivity contribution < 1.29 is 12.9 Å². The maximum absolute atomic E-state index is 11.1. The van der Waals surface area contributed by atoms with E-state index in [0.717, 1.165) is 12.0 Å². The van der Waals surface area contributed by atoms with E-state index in [-0.39, 0.29) is 18.1 Å². The molecule has 0 fully saturated rings. The molecule has 2 rings (SSSR count). The topological polar surface area (TPSA) is 99.1 Å². The van der Waals surface area contributed by atoms with E-state index in [4.69, 9.17) is 10.3 Å². The van der Waals surface area contributed by atoms with Crippen LogP contribution >= 0.6 is 0 Å². The van der Waals surface area contributed by atoms with Gasteiger partial charge in [0, 0.05) is 11.8 Å². The van der Waals surface area contributed by atoms with Crippen LogP contribution in [0.5, 0.6) is 0 Å². The number of hydrogen-bond acceptors (Lipinski definition) is 6. The molecule has 7 heteroatoms. The molecule has 0 radical (unpaired) electrons. The summed E-state index contributed by atoms with van der Waals surface area (Å²) in [5, 5.41) is 3.89. The molecule has 1 aromatic heterocycles. The van der Waals surface area contributed by atoms with Gasteiger partial charge in [0.05, 0.1) is 11.8 Å².